The van der Waals surface area contributed by atoms with Crippen LogP contribution < -0.4 is 11.1 Å². The van der Waals surface area contributed by atoms with Crippen molar-refractivity contribution in [1.82, 2.24) is 19.8 Å². The molecule has 0 unspecified atom stereocenters. The van der Waals surface area contributed by atoms with Crippen LogP contribution in [0.1, 0.15) is 40.5 Å². The number of hydrogen-bond acceptors (Lipinski definition) is 4. The molecule has 0 atom stereocenters. The summed E-state index contributed by atoms with van der Waals surface area (Å²) in [6.07, 6.45) is 4.15. The van der Waals surface area contributed by atoms with E-state index in [2.05, 4.69) is 10.3 Å². The van der Waals surface area contributed by atoms with Crippen LogP contribution in [0.25, 0.3) is 16.7 Å². The van der Waals surface area contributed by atoms with Crippen molar-refractivity contribution in [3.63, 3.8) is 0 Å². The van der Waals surface area contributed by atoms with E-state index in [-0.39, 0.29) is 11.8 Å². The number of amides is 2. The Kier molecular flexibility index (Phi) is 5.73. The number of aromatic nitrogens is 2. The molecule has 3 N–H and O–H groups in total. The van der Waals surface area contributed by atoms with Gasteiger partial charge in [-0.1, -0.05) is 0 Å². The number of likely N-dealkylation sites (tertiary alicyclic amines) is 1. The first-order valence-corrected chi connectivity index (χ1v) is 10.4. The maximum atomic E-state index is 14.0. The lowest BCUT2D eigenvalue weighted by atomic mass is 9.95. The number of piperidine rings is 1. The first-order valence-electron chi connectivity index (χ1n) is 10.4. The SMILES string of the molecule is CC1(F)CCN(C(=O)c2cnc3c(ccn3-c3ccc(C(=O)NCCN)cc3)c2)CC1. The lowest BCUT2D eigenvalue weighted by Crippen LogP contribution is -2.43. The van der Waals surface area contributed by atoms with Crippen LogP contribution in [-0.4, -0.2) is 58.1 Å². The molecule has 0 spiro atoms. The molecular weight excluding hydrogens is 397 g/mol. The molecule has 0 bridgehead atoms. The van der Waals surface area contributed by atoms with Crippen LogP contribution in [0.15, 0.2) is 48.8 Å². The van der Waals surface area contributed by atoms with Gasteiger partial charge in [-0.15, -0.1) is 0 Å². The van der Waals surface area contributed by atoms with Crippen molar-refractivity contribution in [3.8, 4) is 5.69 Å². The molecule has 1 aromatic carbocycles. The topological polar surface area (TPSA) is 93.2 Å². The molecule has 3 aromatic rings. The second kappa shape index (κ2) is 8.47. The number of nitrogens with two attached hydrogens (primary N) is 1. The number of nitrogens with one attached hydrogen (secondary N) is 1. The number of fused-ring (bicyclic) bond motifs is 1. The van der Waals surface area contributed by atoms with Gasteiger partial charge in [0, 0.05) is 55.2 Å². The van der Waals surface area contributed by atoms with Crippen LogP contribution in [-0.2, 0) is 0 Å². The van der Waals surface area contributed by atoms with Gasteiger partial charge >= 0.3 is 0 Å². The summed E-state index contributed by atoms with van der Waals surface area (Å²) in [5.41, 5.74) is 6.84. The average Bonchev–Trinajstić information content (AvgIpc) is 3.20. The van der Waals surface area contributed by atoms with Crippen LogP contribution in [0.5, 0.6) is 0 Å². The largest absolute Gasteiger partial charge is 0.351 e. The predicted molar refractivity (Wildman–Crippen MR) is 117 cm³/mol. The number of hydrogen-bond donors (Lipinski definition) is 2. The third-order valence-electron chi connectivity index (χ3n) is 5.70. The standard InChI is InChI=1S/C23H26FN5O2/c1-23(24)7-12-28(13-8-23)22(31)18-14-17-6-11-29(20(17)27-15-18)19-4-2-16(3-5-19)21(30)26-10-9-25/h2-6,11,14-15H,7-10,12-13,25H2,1H3,(H,26,30). The van der Waals surface area contributed by atoms with E-state index in [1.54, 1.807) is 30.2 Å². The fourth-order valence-corrected chi connectivity index (χ4v) is 3.77. The minimum atomic E-state index is -1.20. The van der Waals surface area contributed by atoms with Crippen LogP contribution in [0.4, 0.5) is 4.39 Å². The van der Waals surface area contributed by atoms with Crippen molar-refractivity contribution in [2.45, 2.75) is 25.4 Å². The van der Waals surface area contributed by atoms with Crippen molar-refractivity contribution in [3.05, 3.63) is 59.9 Å². The van der Waals surface area contributed by atoms with Gasteiger partial charge in [0.25, 0.3) is 11.8 Å². The van der Waals surface area contributed by atoms with Gasteiger partial charge in [0.05, 0.1) is 5.56 Å². The molecule has 1 saturated heterocycles. The molecule has 0 radical (unpaired) electrons. The van der Waals surface area contributed by atoms with E-state index in [1.807, 2.05) is 35.0 Å². The van der Waals surface area contributed by atoms with Gasteiger partial charge in [-0.2, -0.15) is 0 Å². The molecule has 1 aliphatic rings. The Labute approximate surface area is 180 Å². The number of pyridine rings is 1. The van der Waals surface area contributed by atoms with E-state index in [9.17, 15) is 14.0 Å². The van der Waals surface area contributed by atoms with E-state index >= 15 is 0 Å². The average molecular weight is 423 g/mol. The normalized spacial score (nSPS) is 15.8. The molecule has 1 aliphatic heterocycles. The molecule has 8 heteroatoms. The van der Waals surface area contributed by atoms with Crippen LogP contribution >= 0.6 is 0 Å². The fourth-order valence-electron chi connectivity index (χ4n) is 3.77. The zero-order chi connectivity index (χ0) is 22.0. The summed E-state index contributed by atoms with van der Waals surface area (Å²) >= 11 is 0. The molecular formula is C23H26FN5O2. The van der Waals surface area contributed by atoms with Crippen LogP contribution in [0.3, 0.4) is 0 Å². The third-order valence-corrected chi connectivity index (χ3v) is 5.70. The summed E-state index contributed by atoms with van der Waals surface area (Å²) in [6, 6.07) is 10.9. The number of carbonyl (C=O) groups excluding carboxylic acids is 2. The van der Waals surface area contributed by atoms with E-state index in [0.29, 0.717) is 55.8 Å². The van der Waals surface area contributed by atoms with Crippen molar-refractivity contribution >= 4 is 22.8 Å². The molecule has 2 aromatic heterocycles. The van der Waals surface area contributed by atoms with Gasteiger partial charge in [-0.25, -0.2) is 9.37 Å². The number of benzene rings is 1. The van der Waals surface area contributed by atoms with Crippen LogP contribution in [0, 0.1) is 0 Å². The Morgan fingerprint density at radius 3 is 2.55 bits per heavy atom. The predicted octanol–water partition coefficient (Wildman–Crippen LogP) is 2.68. The van der Waals surface area contributed by atoms with Crippen LogP contribution in [0.2, 0.25) is 0 Å². The zero-order valence-corrected chi connectivity index (χ0v) is 17.5. The van der Waals surface area contributed by atoms with Gasteiger partial charge in [0.2, 0.25) is 0 Å². The molecule has 162 valence electrons. The fraction of sp³-hybridized carbons (Fsp3) is 0.348. The number of alkyl halides is 1. The van der Waals surface area contributed by atoms with E-state index < -0.39 is 5.67 Å². The highest BCUT2D eigenvalue weighted by Crippen LogP contribution is 2.27. The highest BCUT2D eigenvalue weighted by molar-refractivity contribution is 5.97. The Morgan fingerprint density at radius 2 is 1.87 bits per heavy atom. The maximum absolute atomic E-state index is 14.0. The van der Waals surface area contributed by atoms with E-state index in [0.717, 1.165) is 11.1 Å². The Balaban J connectivity index is 1.53. The van der Waals surface area contributed by atoms with E-state index in [1.165, 1.54) is 0 Å². The minimum Gasteiger partial charge on any atom is -0.351 e. The summed E-state index contributed by atoms with van der Waals surface area (Å²) in [4.78, 5) is 31.1. The zero-order valence-electron chi connectivity index (χ0n) is 17.5. The summed E-state index contributed by atoms with van der Waals surface area (Å²) in [5.74, 6) is -0.285. The lowest BCUT2D eigenvalue weighted by Gasteiger charge is -2.34. The van der Waals surface area contributed by atoms with E-state index in [4.69, 9.17) is 5.73 Å². The van der Waals surface area contributed by atoms with Gasteiger partial charge in [0.1, 0.15) is 11.3 Å². The van der Waals surface area contributed by atoms with Gasteiger partial charge in [0.15, 0.2) is 0 Å². The van der Waals surface area contributed by atoms with Gasteiger partial charge in [-0.3, -0.25) is 9.59 Å². The quantitative estimate of drug-likeness (QED) is 0.660. The van der Waals surface area contributed by atoms with Crippen molar-refractivity contribution < 1.29 is 14.0 Å². The van der Waals surface area contributed by atoms with Crippen molar-refractivity contribution in [2.24, 2.45) is 5.73 Å². The van der Waals surface area contributed by atoms with Crippen molar-refractivity contribution in [2.75, 3.05) is 26.2 Å². The molecule has 31 heavy (non-hydrogen) atoms. The molecule has 0 saturated carbocycles. The first kappa shape index (κ1) is 21.0. The minimum absolute atomic E-state index is 0.120. The van der Waals surface area contributed by atoms with Gasteiger partial charge in [-0.05, 0) is 56.2 Å². The third kappa shape index (κ3) is 4.44. The number of halogens is 1. The lowest BCUT2D eigenvalue weighted by molar-refractivity contribution is 0.0503. The summed E-state index contributed by atoms with van der Waals surface area (Å²) < 4.78 is 15.9. The number of rotatable bonds is 5. The molecule has 7 nitrogen and oxygen atoms in total. The Morgan fingerprint density at radius 1 is 1.16 bits per heavy atom. The highest BCUT2D eigenvalue weighted by atomic mass is 19.1. The highest BCUT2D eigenvalue weighted by Gasteiger charge is 2.32. The summed E-state index contributed by atoms with van der Waals surface area (Å²) in [6.45, 7) is 3.23. The Hall–Kier alpha value is -3.26. The maximum Gasteiger partial charge on any atom is 0.255 e. The second-order valence-corrected chi connectivity index (χ2v) is 8.12. The summed E-state index contributed by atoms with van der Waals surface area (Å²) in [5, 5.41) is 3.58. The second-order valence-electron chi connectivity index (χ2n) is 8.12. The molecule has 4 rings (SSSR count). The monoisotopic (exact) mass is 423 g/mol. The summed E-state index contributed by atoms with van der Waals surface area (Å²) in [7, 11) is 0. The first-order chi connectivity index (χ1) is 14.9. The van der Waals surface area contributed by atoms with Gasteiger partial charge < -0.3 is 20.5 Å². The number of carbonyl (C=O) groups is 2. The smallest absolute Gasteiger partial charge is 0.255 e. The molecule has 0 aliphatic carbocycles. The Bertz CT molecular complexity index is 1100. The number of nitrogens with zero attached hydrogens (tertiary/aromatic N) is 3. The van der Waals surface area contributed by atoms with Crippen molar-refractivity contribution in [1.29, 1.82) is 0 Å². The molecule has 2 amide bonds. The molecule has 3 heterocycles. The molecule has 1 fully saturated rings.